The van der Waals surface area contributed by atoms with Crippen molar-refractivity contribution in [3.8, 4) is 0 Å². The average molecular weight is 258 g/mol. The number of hydrogen-bond acceptors (Lipinski definition) is 3. The standard InChI is InChI=1S/C12H22N2O4/c1-8(2)5-13-9-4-12(3,10(15)16)7-14(6-9)11(17)18/h8-9,13H,4-7H2,1-3H3,(H,15,16)(H,17,18)/t9-,12?/m0/s1. The van der Waals surface area contributed by atoms with Crippen LogP contribution in [0.3, 0.4) is 0 Å². The molecule has 1 aliphatic rings. The minimum atomic E-state index is -1.06. The average Bonchev–Trinajstić information content (AvgIpc) is 2.25. The fraction of sp³-hybridized carbons (Fsp3) is 0.833. The Bertz CT molecular complexity index is 332. The summed E-state index contributed by atoms with van der Waals surface area (Å²) in [6.45, 7) is 6.88. The molecule has 2 atom stereocenters. The number of amides is 1. The number of piperidine rings is 1. The first-order valence-electron chi connectivity index (χ1n) is 6.19. The Labute approximate surface area is 107 Å². The number of nitrogens with zero attached hydrogens (tertiary/aromatic N) is 1. The third kappa shape index (κ3) is 3.60. The maximum Gasteiger partial charge on any atom is 0.407 e. The fourth-order valence-electron chi connectivity index (χ4n) is 2.26. The molecule has 0 bridgehead atoms. The number of carbonyl (C=O) groups is 2. The highest BCUT2D eigenvalue weighted by Crippen LogP contribution is 2.30. The molecule has 0 spiro atoms. The Balaban J connectivity index is 2.74. The molecule has 6 heteroatoms. The topological polar surface area (TPSA) is 89.9 Å². The molecule has 0 saturated carbocycles. The van der Waals surface area contributed by atoms with Crippen LogP contribution >= 0.6 is 0 Å². The maximum atomic E-state index is 11.3. The van der Waals surface area contributed by atoms with Gasteiger partial charge in [-0.05, 0) is 25.8 Å². The van der Waals surface area contributed by atoms with Crippen molar-refractivity contribution in [2.24, 2.45) is 11.3 Å². The quantitative estimate of drug-likeness (QED) is 0.702. The molecule has 0 aromatic rings. The number of nitrogens with one attached hydrogen (secondary N) is 1. The second-order valence-electron chi connectivity index (χ2n) is 5.73. The van der Waals surface area contributed by atoms with Crippen LogP contribution in [-0.2, 0) is 4.79 Å². The molecule has 0 aromatic heterocycles. The maximum absolute atomic E-state index is 11.3. The molecule has 18 heavy (non-hydrogen) atoms. The number of rotatable bonds is 4. The van der Waals surface area contributed by atoms with Crippen molar-refractivity contribution in [1.29, 1.82) is 0 Å². The Kier molecular flexibility index (Phi) is 4.56. The molecule has 0 radical (unpaired) electrons. The van der Waals surface area contributed by atoms with Crippen molar-refractivity contribution in [3.63, 3.8) is 0 Å². The Hall–Kier alpha value is -1.30. The summed E-state index contributed by atoms with van der Waals surface area (Å²) in [6.07, 6.45) is -0.600. The van der Waals surface area contributed by atoms with Gasteiger partial charge >= 0.3 is 12.1 Å². The highest BCUT2D eigenvalue weighted by atomic mass is 16.4. The fourth-order valence-corrected chi connectivity index (χ4v) is 2.26. The summed E-state index contributed by atoms with van der Waals surface area (Å²) in [6, 6.07) is -0.0988. The van der Waals surface area contributed by atoms with Crippen molar-refractivity contribution in [2.75, 3.05) is 19.6 Å². The first kappa shape index (κ1) is 14.8. The third-order valence-electron chi connectivity index (χ3n) is 3.28. The van der Waals surface area contributed by atoms with Gasteiger partial charge in [0.2, 0.25) is 0 Å². The zero-order chi connectivity index (χ0) is 13.9. The second kappa shape index (κ2) is 5.56. The molecule has 1 heterocycles. The van der Waals surface area contributed by atoms with Gasteiger partial charge in [-0.2, -0.15) is 0 Å². The van der Waals surface area contributed by atoms with E-state index < -0.39 is 17.5 Å². The first-order valence-corrected chi connectivity index (χ1v) is 6.19. The number of hydrogen-bond donors (Lipinski definition) is 3. The molecule has 1 saturated heterocycles. The van der Waals surface area contributed by atoms with Gasteiger partial charge in [-0.3, -0.25) is 4.79 Å². The lowest BCUT2D eigenvalue weighted by Crippen LogP contribution is -2.57. The van der Waals surface area contributed by atoms with E-state index in [0.717, 1.165) is 6.54 Å². The number of likely N-dealkylation sites (tertiary alicyclic amines) is 1. The van der Waals surface area contributed by atoms with Gasteiger partial charge in [0.1, 0.15) is 0 Å². The summed E-state index contributed by atoms with van der Waals surface area (Å²) in [5.41, 5.74) is -1.01. The van der Waals surface area contributed by atoms with Gasteiger partial charge in [-0.1, -0.05) is 13.8 Å². The summed E-state index contributed by atoms with van der Waals surface area (Å²) in [5, 5.41) is 21.5. The number of carboxylic acid groups (broad SMARTS) is 2. The summed E-state index contributed by atoms with van der Waals surface area (Å²) in [7, 11) is 0. The lowest BCUT2D eigenvalue weighted by atomic mass is 9.80. The third-order valence-corrected chi connectivity index (χ3v) is 3.28. The van der Waals surface area contributed by atoms with Crippen LogP contribution in [0.4, 0.5) is 4.79 Å². The zero-order valence-corrected chi connectivity index (χ0v) is 11.1. The summed E-state index contributed by atoms with van der Waals surface area (Å²) >= 11 is 0. The van der Waals surface area contributed by atoms with E-state index >= 15 is 0 Å². The minimum absolute atomic E-state index is 0.0531. The van der Waals surface area contributed by atoms with E-state index in [0.29, 0.717) is 18.9 Å². The van der Waals surface area contributed by atoms with E-state index in [1.807, 2.05) is 0 Å². The number of carboxylic acids is 1. The summed E-state index contributed by atoms with van der Waals surface area (Å²) in [5.74, 6) is -0.494. The van der Waals surface area contributed by atoms with Crippen LogP contribution in [0.5, 0.6) is 0 Å². The van der Waals surface area contributed by atoms with E-state index in [2.05, 4.69) is 19.2 Å². The first-order chi connectivity index (χ1) is 8.24. The molecule has 1 unspecified atom stereocenters. The zero-order valence-electron chi connectivity index (χ0n) is 11.1. The molecule has 3 N–H and O–H groups in total. The van der Waals surface area contributed by atoms with Crippen LogP contribution in [0.1, 0.15) is 27.2 Å². The molecule has 104 valence electrons. The van der Waals surface area contributed by atoms with Crippen LogP contribution in [0.2, 0.25) is 0 Å². The lowest BCUT2D eigenvalue weighted by molar-refractivity contribution is -0.151. The van der Waals surface area contributed by atoms with E-state index in [1.54, 1.807) is 6.92 Å². The van der Waals surface area contributed by atoms with Crippen molar-refractivity contribution in [2.45, 2.75) is 33.2 Å². The second-order valence-corrected chi connectivity index (χ2v) is 5.73. The molecule has 1 rings (SSSR count). The summed E-state index contributed by atoms with van der Waals surface area (Å²) < 4.78 is 0. The van der Waals surface area contributed by atoms with Crippen molar-refractivity contribution in [1.82, 2.24) is 10.2 Å². The summed E-state index contributed by atoms with van der Waals surface area (Å²) in [4.78, 5) is 23.5. The minimum Gasteiger partial charge on any atom is -0.481 e. The molecule has 1 aliphatic heterocycles. The van der Waals surface area contributed by atoms with Crippen molar-refractivity contribution < 1.29 is 19.8 Å². The predicted octanol–water partition coefficient (Wildman–Crippen LogP) is 1.08. The molecule has 6 nitrogen and oxygen atoms in total. The van der Waals surface area contributed by atoms with E-state index in [1.165, 1.54) is 4.90 Å². The van der Waals surface area contributed by atoms with Gasteiger partial charge in [0.05, 0.1) is 5.41 Å². The molecule has 1 fully saturated rings. The number of aliphatic carboxylic acids is 1. The Morgan fingerprint density at radius 1 is 1.44 bits per heavy atom. The van der Waals surface area contributed by atoms with E-state index in [9.17, 15) is 14.7 Å². The molecule has 1 amide bonds. The predicted molar refractivity (Wildman–Crippen MR) is 66.6 cm³/mol. The van der Waals surface area contributed by atoms with Crippen molar-refractivity contribution >= 4 is 12.1 Å². The van der Waals surface area contributed by atoms with Crippen LogP contribution in [-0.4, -0.2) is 52.9 Å². The van der Waals surface area contributed by atoms with Crippen LogP contribution in [0.15, 0.2) is 0 Å². The van der Waals surface area contributed by atoms with Crippen molar-refractivity contribution in [3.05, 3.63) is 0 Å². The van der Waals surface area contributed by atoms with Gasteiger partial charge in [0.15, 0.2) is 0 Å². The lowest BCUT2D eigenvalue weighted by Gasteiger charge is -2.41. The van der Waals surface area contributed by atoms with Crippen LogP contribution in [0.25, 0.3) is 0 Å². The van der Waals surface area contributed by atoms with Gasteiger partial charge < -0.3 is 20.4 Å². The van der Waals surface area contributed by atoms with E-state index in [4.69, 9.17) is 5.11 Å². The van der Waals surface area contributed by atoms with Gasteiger partial charge in [-0.15, -0.1) is 0 Å². The highest BCUT2D eigenvalue weighted by Gasteiger charge is 2.43. The Morgan fingerprint density at radius 2 is 2.06 bits per heavy atom. The molecular formula is C12H22N2O4. The smallest absolute Gasteiger partial charge is 0.407 e. The monoisotopic (exact) mass is 258 g/mol. The van der Waals surface area contributed by atoms with Gasteiger partial charge in [0.25, 0.3) is 0 Å². The van der Waals surface area contributed by atoms with Gasteiger partial charge in [-0.25, -0.2) is 4.79 Å². The highest BCUT2D eigenvalue weighted by molar-refractivity contribution is 5.76. The van der Waals surface area contributed by atoms with Crippen LogP contribution < -0.4 is 5.32 Å². The molecular weight excluding hydrogens is 236 g/mol. The van der Waals surface area contributed by atoms with Gasteiger partial charge in [0, 0.05) is 19.1 Å². The van der Waals surface area contributed by atoms with E-state index in [-0.39, 0.29) is 12.6 Å². The van der Waals surface area contributed by atoms with Crippen LogP contribution in [0, 0.1) is 11.3 Å². The Morgan fingerprint density at radius 3 is 2.50 bits per heavy atom. The normalized spacial score (nSPS) is 28.4. The largest absolute Gasteiger partial charge is 0.481 e. The molecule has 0 aliphatic carbocycles. The molecule has 0 aromatic carbocycles. The SMILES string of the molecule is CC(C)CN[C@@H]1CN(C(=O)O)CC(C)(C(=O)O)C1.